The summed E-state index contributed by atoms with van der Waals surface area (Å²) in [6, 6.07) is 11.4. The lowest BCUT2D eigenvalue weighted by Crippen LogP contribution is -2.42. The van der Waals surface area contributed by atoms with Crippen LogP contribution in [-0.2, 0) is 0 Å². The Balaban J connectivity index is 1.78. The van der Waals surface area contributed by atoms with Gasteiger partial charge < -0.3 is 0 Å². The molecule has 2 amide bonds. The Hall–Kier alpha value is -4.08. The van der Waals surface area contributed by atoms with Gasteiger partial charge >= 0.3 is 0 Å². The van der Waals surface area contributed by atoms with E-state index in [2.05, 4.69) is 21.0 Å². The third kappa shape index (κ3) is 3.24. The Morgan fingerprint density at radius 1 is 1.00 bits per heavy atom. The van der Waals surface area contributed by atoms with Gasteiger partial charge in [-0.25, -0.2) is 5.10 Å². The molecule has 0 fully saturated rings. The topological polar surface area (TPSA) is 147 Å². The van der Waals surface area contributed by atoms with Crippen molar-refractivity contribution in [2.24, 2.45) is 0 Å². The van der Waals surface area contributed by atoms with E-state index in [4.69, 9.17) is 0 Å². The predicted octanol–water partition coefficient (Wildman–Crippen LogP) is 0.906. The highest BCUT2D eigenvalue weighted by Crippen LogP contribution is 2.13. The first-order valence-electron chi connectivity index (χ1n) is 7.30. The Labute approximate surface area is 145 Å². The van der Waals surface area contributed by atoms with Crippen molar-refractivity contribution >= 4 is 28.3 Å². The molecular formula is C16H11N5O5. The van der Waals surface area contributed by atoms with E-state index in [1.165, 1.54) is 24.3 Å². The van der Waals surface area contributed by atoms with Crippen LogP contribution < -0.4 is 16.4 Å². The van der Waals surface area contributed by atoms with Gasteiger partial charge in [0.2, 0.25) is 0 Å². The molecule has 0 saturated carbocycles. The Bertz CT molecular complexity index is 1090. The Morgan fingerprint density at radius 3 is 2.42 bits per heavy atom. The van der Waals surface area contributed by atoms with Crippen LogP contribution in [0, 0.1) is 10.1 Å². The number of H-pyrrole nitrogens is 1. The molecule has 3 rings (SSSR count). The van der Waals surface area contributed by atoms with Crippen LogP contribution in [0.2, 0.25) is 0 Å². The normalized spacial score (nSPS) is 10.3. The number of carbonyl (C=O) groups excluding carboxylic acids is 2. The number of nitro groups is 1. The molecule has 0 unspecified atom stereocenters. The molecule has 130 valence electrons. The summed E-state index contributed by atoms with van der Waals surface area (Å²) in [5.41, 5.74) is 3.53. The van der Waals surface area contributed by atoms with Crippen molar-refractivity contribution in [3.63, 3.8) is 0 Å². The molecule has 0 radical (unpaired) electrons. The van der Waals surface area contributed by atoms with Crippen LogP contribution in [0.4, 0.5) is 5.69 Å². The minimum Gasteiger partial charge on any atom is -0.267 e. The van der Waals surface area contributed by atoms with Gasteiger partial charge in [0.25, 0.3) is 23.1 Å². The first-order chi connectivity index (χ1) is 12.5. The van der Waals surface area contributed by atoms with Crippen molar-refractivity contribution in [3.8, 4) is 0 Å². The van der Waals surface area contributed by atoms with Crippen molar-refractivity contribution in [3.05, 3.63) is 80.3 Å². The minimum absolute atomic E-state index is 0.00112. The molecule has 0 aliphatic heterocycles. The summed E-state index contributed by atoms with van der Waals surface area (Å²) in [4.78, 5) is 46.1. The molecule has 2 aromatic carbocycles. The lowest BCUT2D eigenvalue weighted by Gasteiger charge is -2.08. The molecule has 3 N–H and O–H groups in total. The fourth-order valence-corrected chi connectivity index (χ4v) is 2.29. The molecular weight excluding hydrogens is 342 g/mol. The number of rotatable bonds is 3. The summed E-state index contributed by atoms with van der Waals surface area (Å²) in [6.07, 6.45) is 0. The molecule has 10 nitrogen and oxygen atoms in total. The SMILES string of the molecule is O=C(NNC(=O)c1n[nH]c(=O)c2ccccc12)c1cccc([N+](=O)[O-])c1. The number of hydrazine groups is 1. The van der Waals surface area contributed by atoms with Gasteiger partial charge in [-0.15, -0.1) is 0 Å². The molecule has 0 aliphatic carbocycles. The van der Waals surface area contributed by atoms with Crippen LogP contribution in [-0.4, -0.2) is 26.9 Å². The summed E-state index contributed by atoms with van der Waals surface area (Å²) in [5, 5.41) is 17.3. The van der Waals surface area contributed by atoms with Crippen LogP contribution in [0.1, 0.15) is 20.8 Å². The first-order valence-corrected chi connectivity index (χ1v) is 7.30. The number of hydrogen-bond donors (Lipinski definition) is 3. The van der Waals surface area contributed by atoms with E-state index in [1.54, 1.807) is 18.2 Å². The smallest absolute Gasteiger partial charge is 0.267 e. The molecule has 0 spiro atoms. The fraction of sp³-hybridized carbons (Fsp3) is 0. The summed E-state index contributed by atoms with van der Waals surface area (Å²) in [5.74, 6) is -1.49. The quantitative estimate of drug-likeness (QED) is 0.471. The van der Waals surface area contributed by atoms with Crippen molar-refractivity contribution in [1.82, 2.24) is 21.0 Å². The largest absolute Gasteiger partial charge is 0.290 e. The molecule has 0 atom stereocenters. The second-order valence-electron chi connectivity index (χ2n) is 5.16. The van der Waals surface area contributed by atoms with Gasteiger partial charge in [-0.2, -0.15) is 5.10 Å². The van der Waals surface area contributed by atoms with E-state index in [1.807, 2.05) is 0 Å². The predicted molar refractivity (Wildman–Crippen MR) is 90.4 cm³/mol. The lowest BCUT2D eigenvalue weighted by atomic mass is 10.1. The van der Waals surface area contributed by atoms with Crippen molar-refractivity contribution < 1.29 is 14.5 Å². The number of nitrogens with one attached hydrogen (secondary N) is 3. The third-order valence-electron chi connectivity index (χ3n) is 3.52. The summed E-state index contributed by atoms with van der Waals surface area (Å²) < 4.78 is 0. The molecule has 3 aromatic rings. The van der Waals surface area contributed by atoms with Crippen molar-refractivity contribution in [2.45, 2.75) is 0 Å². The monoisotopic (exact) mass is 353 g/mol. The van der Waals surface area contributed by atoms with Gasteiger partial charge in [0.1, 0.15) is 0 Å². The zero-order valence-corrected chi connectivity index (χ0v) is 13.1. The van der Waals surface area contributed by atoms with E-state index in [-0.39, 0.29) is 22.3 Å². The molecule has 0 aliphatic rings. The first kappa shape index (κ1) is 16.8. The van der Waals surface area contributed by atoms with Gasteiger partial charge in [0.05, 0.1) is 10.3 Å². The van der Waals surface area contributed by atoms with Crippen LogP contribution in [0.3, 0.4) is 0 Å². The number of carbonyl (C=O) groups is 2. The lowest BCUT2D eigenvalue weighted by molar-refractivity contribution is -0.384. The number of nitrogens with zero attached hydrogens (tertiary/aromatic N) is 2. The maximum atomic E-state index is 12.3. The highest BCUT2D eigenvalue weighted by Gasteiger charge is 2.16. The average molecular weight is 353 g/mol. The Kier molecular flexibility index (Phi) is 4.39. The number of benzene rings is 2. The standard InChI is InChI=1S/C16H11N5O5/c22-14(9-4-3-5-10(8-9)21(25)26)18-20-16(24)13-11-6-1-2-7-12(11)15(23)19-17-13/h1-8H,(H,18,22)(H,19,23)(H,20,24). The molecule has 0 bridgehead atoms. The number of aromatic amines is 1. The maximum absolute atomic E-state index is 12.3. The molecule has 0 saturated heterocycles. The zero-order chi connectivity index (χ0) is 18.7. The van der Waals surface area contributed by atoms with E-state index >= 15 is 0 Å². The van der Waals surface area contributed by atoms with Crippen LogP contribution in [0.15, 0.2) is 53.3 Å². The summed E-state index contributed by atoms with van der Waals surface area (Å²) >= 11 is 0. The second kappa shape index (κ2) is 6.81. The van der Waals surface area contributed by atoms with E-state index in [0.29, 0.717) is 5.39 Å². The van der Waals surface area contributed by atoms with Crippen molar-refractivity contribution in [2.75, 3.05) is 0 Å². The van der Waals surface area contributed by atoms with Crippen molar-refractivity contribution in [1.29, 1.82) is 0 Å². The number of nitro benzene ring substituents is 1. The molecule has 26 heavy (non-hydrogen) atoms. The van der Waals surface area contributed by atoms with Crippen LogP contribution in [0.25, 0.3) is 10.8 Å². The zero-order valence-electron chi connectivity index (χ0n) is 13.1. The highest BCUT2D eigenvalue weighted by molar-refractivity contribution is 6.06. The maximum Gasteiger partial charge on any atom is 0.290 e. The Morgan fingerprint density at radius 2 is 1.69 bits per heavy atom. The van der Waals surface area contributed by atoms with Gasteiger partial charge in [-0.3, -0.25) is 35.3 Å². The summed E-state index contributed by atoms with van der Waals surface area (Å²) in [6.45, 7) is 0. The minimum atomic E-state index is -0.753. The van der Waals surface area contributed by atoms with E-state index < -0.39 is 22.3 Å². The van der Waals surface area contributed by atoms with Crippen LogP contribution in [0.5, 0.6) is 0 Å². The van der Waals surface area contributed by atoms with Gasteiger partial charge in [0, 0.05) is 23.1 Å². The number of fused-ring (bicyclic) bond motifs is 1. The van der Waals surface area contributed by atoms with E-state index in [9.17, 15) is 24.5 Å². The molecule has 1 heterocycles. The highest BCUT2D eigenvalue weighted by atomic mass is 16.6. The molecule has 1 aromatic heterocycles. The van der Waals surface area contributed by atoms with Gasteiger partial charge in [-0.05, 0) is 12.1 Å². The second-order valence-corrected chi connectivity index (χ2v) is 5.16. The van der Waals surface area contributed by atoms with Gasteiger partial charge in [0.15, 0.2) is 5.69 Å². The third-order valence-corrected chi connectivity index (χ3v) is 3.52. The number of aromatic nitrogens is 2. The number of amides is 2. The van der Waals surface area contributed by atoms with Crippen LogP contribution >= 0.6 is 0 Å². The molecule has 10 heteroatoms. The fourth-order valence-electron chi connectivity index (χ4n) is 2.29. The number of non-ortho nitro benzene ring substituents is 1. The van der Waals surface area contributed by atoms with Gasteiger partial charge in [-0.1, -0.05) is 24.3 Å². The number of hydrogen-bond acceptors (Lipinski definition) is 6. The summed E-state index contributed by atoms with van der Waals surface area (Å²) in [7, 11) is 0. The average Bonchev–Trinajstić information content (AvgIpc) is 2.66. The van der Waals surface area contributed by atoms with E-state index in [0.717, 1.165) is 6.07 Å².